The van der Waals surface area contributed by atoms with E-state index in [0.29, 0.717) is 17.1 Å². The highest BCUT2D eigenvalue weighted by molar-refractivity contribution is 14.0. The Hall–Kier alpha value is -1.43. The minimum atomic E-state index is -0.248. The Morgan fingerprint density at radius 2 is 1.94 bits per heavy atom. The molecule has 2 aliphatic heterocycles. The average Bonchev–Trinajstić information content (AvgIpc) is 3.48. The molecule has 1 aromatic heterocycles. The van der Waals surface area contributed by atoms with E-state index in [-0.39, 0.29) is 35.8 Å². The van der Waals surface area contributed by atoms with Crippen LogP contribution in [0.15, 0.2) is 40.0 Å². The van der Waals surface area contributed by atoms with Gasteiger partial charge in [0, 0.05) is 63.0 Å². The Morgan fingerprint density at radius 1 is 1.19 bits per heavy atom. The lowest BCUT2D eigenvalue weighted by atomic mass is 10.0. The normalized spacial score (nSPS) is 19.1. The van der Waals surface area contributed by atoms with E-state index in [9.17, 15) is 4.39 Å². The summed E-state index contributed by atoms with van der Waals surface area (Å²) in [6.07, 6.45) is 3.87. The third-order valence-corrected chi connectivity index (χ3v) is 6.46. The zero-order valence-corrected chi connectivity index (χ0v) is 21.4. The number of aromatic nitrogens is 1. The number of nitrogens with one attached hydrogen (secondary N) is 1. The van der Waals surface area contributed by atoms with Crippen LogP contribution in [0.2, 0.25) is 5.02 Å². The Bertz CT molecular complexity index is 849. The Morgan fingerprint density at radius 3 is 2.56 bits per heavy atom. The first-order chi connectivity index (χ1) is 15.2. The summed E-state index contributed by atoms with van der Waals surface area (Å²) in [5.41, 5.74) is 1.53. The summed E-state index contributed by atoms with van der Waals surface area (Å²) in [5, 5.41) is 7.97. The number of likely N-dealkylation sites (tertiary alicyclic amines) is 1. The molecule has 1 atom stereocenters. The summed E-state index contributed by atoms with van der Waals surface area (Å²) in [6, 6.07) is 6.70. The maximum absolute atomic E-state index is 14.7. The molecule has 32 heavy (non-hydrogen) atoms. The Balaban J connectivity index is 0.00000289. The van der Waals surface area contributed by atoms with Gasteiger partial charge < -0.3 is 14.7 Å². The fraction of sp³-hybridized carbons (Fsp3) is 0.545. The van der Waals surface area contributed by atoms with Crippen LogP contribution in [-0.4, -0.2) is 78.7 Å². The fourth-order valence-electron chi connectivity index (χ4n) is 4.48. The molecule has 2 aromatic rings. The first kappa shape index (κ1) is 25.2. The molecule has 2 fully saturated rings. The summed E-state index contributed by atoms with van der Waals surface area (Å²) in [4.78, 5) is 11.4. The van der Waals surface area contributed by atoms with Crippen LogP contribution in [0.3, 0.4) is 0 Å². The molecule has 2 aliphatic rings. The Kier molecular flexibility index (Phi) is 9.57. The number of aliphatic imine (C=N–C) groups is 1. The fourth-order valence-corrected chi connectivity index (χ4v) is 4.77. The second-order valence-corrected chi connectivity index (χ2v) is 8.48. The molecule has 3 heterocycles. The molecule has 0 spiro atoms. The van der Waals surface area contributed by atoms with Crippen molar-refractivity contribution in [2.75, 3.05) is 52.9 Å². The van der Waals surface area contributed by atoms with Crippen molar-refractivity contribution >= 4 is 41.5 Å². The summed E-state index contributed by atoms with van der Waals surface area (Å²) in [6.45, 7) is 6.83. The van der Waals surface area contributed by atoms with Crippen molar-refractivity contribution in [3.63, 3.8) is 0 Å². The van der Waals surface area contributed by atoms with Gasteiger partial charge >= 0.3 is 0 Å². The quantitative estimate of drug-likeness (QED) is 0.322. The highest BCUT2D eigenvalue weighted by Gasteiger charge is 2.29. The molecule has 0 bridgehead atoms. The lowest BCUT2D eigenvalue weighted by Crippen LogP contribution is -2.53. The minimum absolute atomic E-state index is 0. The zero-order valence-electron chi connectivity index (χ0n) is 18.3. The van der Waals surface area contributed by atoms with E-state index in [1.807, 2.05) is 6.07 Å². The van der Waals surface area contributed by atoms with Gasteiger partial charge in [-0.25, -0.2) is 4.39 Å². The van der Waals surface area contributed by atoms with Gasteiger partial charge in [0.05, 0.1) is 11.7 Å². The van der Waals surface area contributed by atoms with Crippen LogP contribution >= 0.6 is 35.6 Å². The third-order valence-electron chi connectivity index (χ3n) is 6.13. The molecule has 0 saturated carbocycles. The molecule has 10 heteroatoms. The van der Waals surface area contributed by atoms with Crippen LogP contribution in [0, 0.1) is 5.82 Å². The summed E-state index contributed by atoms with van der Waals surface area (Å²) in [7, 11) is 1.80. The van der Waals surface area contributed by atoms with Crippen molar-refractivity contribution in [3.8, 4) is 0 Å². The third kappa shape index (κ3) is 6.12. The SMILES string of the molecule is CN=C(NCC(c1c(F)cccc1Cl)N1CCCC1)N1CCN(Cc2ccon2)CC1.I. The summed E-state index contributed by atoms with van der Waals surface area (Å²) < 4.78 is 19.6. The molecule has 4 rings (SSSR count). The number of nitrogens with zero attached hydrogens (tertiary/aromatic N) is 5. The van der Waals surface area contributed by atoms with Crippen LogP contribution in [0.25, 0.3) is 0 Å². The van der Waals surface area contributed by atoms with Gasteiger partial charge in [0.15, 0.2) is 5.96 Å². The van der Waals surface area contributed by atoms with Gasteiger partial charge in [0.25, 0.3) is 0 Å². The molecule has 0 radical (unpaired) electrons. The van der Waals surface area contributed by atoms with Gasteiger partial charge in [0.2, 0.25) is 0 Å². The van der Waals surface area contributed by atoms with Crippen LogP contribution < -0.4 is 5.32 Å². The van der Waals surface area contributed by atoms with Crippen molar-refractivity contribution < 1.29 is 8.91 Å². The predicted molar refractivity (Wildman–Crippen MR) is 135 cm³/mol. The number of hydrogen-bond acceptors (Lipinski definition) is 5. The monoisotopic (exact) mass is 576 g/mol. The van der Waals surface area contributed by atoms with Gasteiger partial charge in [-0.15, -0.1) is 24.0 Å². The predicted octanol–water partition coefficient (Wildman–Crippen LogP) is 3.62. The maximum Gasteiger partial charge on any atom is 0.193 e. The Labute approximate surface area is 211 Å². The number of rotatable bonds is 6. The van der Waals surface area contributed by atoms with Crippen molar-refractivity contribution in [1.82, 2.24) is 25.2 Å². The van der Waals surface area contributed by atoms with E-state index in [1.165, 1.54) is 6.07 Å². The highest BCUT2D eigenvalue weighted by atomic mass is 127. The maximum atomic E-state index is 14.7. The van der Waals surface area contributed by atoms with Gasteiger partial charge in [-0.2, -0.15) is 0 Å². The number of hydrogen-bond donors (Lipinski definition) is 1. The zero-order chi connectivity index (χ0) is 21.6. The van der Waals surface area contributed by atoms with Crippen molar-refractivity contribution in [1.29, 1.82) is 0 Å². The van der Waals surface area contributed by atoms with Crippen LogP contribution in [0.5, 0.6) is 0 Å². The van der Waals surface area contributed by atoms with Crippen molar-refractivity contribution in [2.24, 2.45) is 4.99 Å². The van der Waals surface area contributed by atoms with Crippen molar-refractivity contribution in [2.45, 2.75) is 25.4 Å². The second kappa shape index (κ2) is 12.2. The van der Waals surface area contributed by atoms with E-state index in [2.05, 4.69) is 30.2 Å². The number of benzene rings is 1. The summed E-state index contributed by atoms with van der Waals surface area (Å²) >= 11 is 6.42. The topological polar surface area (TPSA) is 60.1 Å². The van der Waals surface area contributed by atoms with Crippen LogP contribution in [0.1, 0.15) is 30.1 Å². The van der Waals surface area contributed by atoms with Gasteiger partial charge in [-0.05, 0) is 38.1 Å². The highest BCUT2D eigenvalue weighted by Crippen LogP contribution is 2.32. The molecule has 7 nitrogen and oxygen atoms in total. The molecular weight excluding hydrogens is 546 g/mol. The van der Waals surface area contributed by atoms with Crippen molar-refractivity contribution in [3.05, 3.63) is 52.6 Å². The number of piperazine rings is 1. The van der Waals surface area contributed by atoms with Crippen LogP contribution in [0.4, 0.5) is 4.39 Å². The molecule has 1 aromatic carbocycles. The standard InChI is InChI=1S/C22H30ClFN6O.HI/c1-25-22(30-12-10-28(11-13-30)16-17-7-14-31-27-17)26-15-20(29-8-2-3-9-29)21-18(23)5-4-6-19(21)24;/h4-7,14,20H,2-3,8-13,15-16H2,1H3,(H,25,26);1H. The minimum Gasteiger partial charge on any atom is -0.364 e. The van der Waals surface area contributed by atoms with Gasteiger partial charge in [-0.1, -0.05) is 22.8 Å². The van der Waals surface area contributed by atoms with E-state index in [0.717, 1.165) is 70.3 Å². The molecule has 2 saturated heterocycles. The molecule has 1 unspecified atom stereocenters. The number of guanidine groups is 1. The molecule has 0 aliphatic carbocycles. The first-order valence-electron chi connectivity index (χ1n) is 10.9. The van der Waals surface area contributed by atoms with E-state index >= 15 is 0 Å². The van der Waals surface area contributed by atoms with Gasteiger partial charge in [0.1, 0.15) is 12.1 Å². The van der Waals surface area contributed by atoms with E-state index in [1.54, 1.807) is 25.4 Å². The first-order valence-corrected chi connectivity index (χ1v) is 11.3. The number of halogens is 3. The lowest BCUT2D eigenvalue weighted by Gasteiger charge is -2.37. The van der Waals surface area contributed by atoms with E-state index < -0.39 is 0 Å². The molecular formula is C22H31ClFIN6O. The molecule has 1 N–H and O–H groups in total. The van der Waals surface area contributed by atoms with Gasteiger partial charge in [-0.3, -0.25) is 14.8 Å². The molecule has 0 amide bonds. The van der Waals surface area contributed by atoms with Crippen LogP contribution in [-0.2, 0) is 6.54 Å². The average molecular weight is 577 g/mol. The van der Waals surface area contributed by atoms with E-state index in [4.69, 9.17) is 16.1 Å². The summed E-state index contributed by atoms with van der Waals surface area (Å²) in [5.74, 6) is 0.598. The molecule has 176 valence electrons. The largest absolute Gasteiger partial charge is 0.364 e. The lowest BCUT2D eigenvalue weighted by molar-refractivity contribution is 0.167. The smallest absolute Gasteiger partial charge is 0.193 e. The second-order valence-electron chi connectivity index (χ2n) is 8.08.